The van der Waals surface area contributed by atoms with Gasteiger partial charge in [-0.05, 0) is 47.9 Å². The van der Waals surface area contributed by atoms with Crippen LogP contribution in [0.4, 0.5) is 11.8 Å². The number of rotatable bonds is 7. The summed E-state index contributed by atoms with van der Waals surface area (Å²) in [5.41, 5.74) is 2.45. The number of nitrogens with zero attached hydrogens (tertiary/aromatic N) is 6. The molecule has 0 unspecified atom stereocenters. The van der Waals surface area contributed by atoms with Crippen LogP contribution in [0.2, 0.25) is 0 Å². The molecule has 32 heavy (non-hydrogen) atoms. The highest BCUT2D eigenvalue weighted by atomic mass is 16.6. The van der Waals surface area contributed by atoms with Crippen molar-refractivity contribution in [3.8, 4) is 11.8 Å². The van der Waals surface area contributed by atoms with Gasteiger partial charge >= 0.3 is 5.82 Å². The molecule has 0 spiro atoms. The van der Waals surface area contributed by atoms with Gasteiger partial charge in [-0.25, -0.2) is 4.98 Å². The molecule has 4 rings (SSSR count). The number of fused-ring (bicyclic) bond motifs is 1. The van der Waals surface area contributed by atoms with Crippen LogP contribution in [-0.4, -0.2) is 64.6 Å². The van der Waals surface area contributed by atoms with Crippen LogP contribution < -0.4 is 9.64 Å². The van der Waals surface area contributed by atoms with Crippen LogP contribution in [0.1, 0.15) is 24.0 Å². The summed E-state index contributed by atoms with van der Waals surface area (Å²) in [7, 11) is 3.54. The second kappa shape index (κ2) is 9.20. The van der Waals surface area contributed by atoms with Gasteiger partial charge in [-0.2, -0.15) is 10.2 Å². The number of piperidine rings is 1. The van der Waals surface area contributed by atoms with E-state index in [1.807, 2.05) is 30.1 Å². The zero-order chi connectivity index (χ0) is 22.7. The topological polar surface area (TPSA) is 124 Å². The third-order valence-corrected chi connectivity index (χ3v) is 6.17. The molecule has 1 N–H and O–H groups in total. The van der Waals surface area contributed by atoms with E-state index in [0.29, 0.717) is 11.5 Å². The van der Waals surface area contributed by atoms with Crippen LogP contribution in [0.3, 0.4) is 0 Å². The first-order valence-corrected chi connectivity index (χ1v) is 10.5. The highest BCUT2D eigenvalue weighted by Gasteiger charge is 2.26. The lowest BCUT2D eigenvalue weighted by molar-refractivity contribution is -0.389. The quantitative estimate of drug-likeness (QED) is 0.444. The number of likely N-dealkylation sites (tertiary alicyclic amines) is 1. The van der Waals surface area contributed by atoms with E-state index in [4.69, 9.17) is 4.74 Å². The highest BCUT2D eigenvalue weighted by Crippen LogP contribution is 2.26. The number of aromatic amines is 1. The zero-order valence-electron chi connectivity index (χ0n) is 18.1. The van der Waals surface area contributed by atoms with E-state index >= 15 is 0 Å². The molecular formula is C22H25N7O3. The number of anilines is 1. The molecule has 1 aliphatic heterocycles. The first-order chi connectivity index (χ1) is 15.5. The Morgan fingerprint density at radius 1 is 1.34 bits per heavy atom. The third-order valence-electron chi connectivity index (χ3n) is 6.17. The predicted molar refractivity (Wildman–Crippen MR) is 120 cm³/mol. The van der Waals surface area contributed by atoms with Crippen molar-refractivity contribution in [2.24, 2.45) is 0 Å². The van der Waals surface area contributed by atoms with Crippen LogP contribution in [0.25, 0.3) is 10.9 Å². The maximum absolute atomic E-state index is 10.9. The lowest BCUT2D eigenvalue weighted by Gasteiger charge is -2.36. The number of hydrogen-bond donors (Lipinski definition) is 1. The van der Waals surface area contributed by atoms with Gasteiger partial charge in [0.1, 0.15) is 18.0 Å². The van der Waals surface area contributed by atoms with Crippen molar-refractivity contribution in [1.29, 1.82) is 5.26 Å². The minimum Gasteiger partial charge on any atom is -0.497 e. The van der Waals surface area contributed by atoms with Gasteiger partial charge in [0.05, 0.1) is 18.2 Å². The van der Waals surface area contributed by atoms with E-state index < -0.39 is 4.92 Å². The smallest absolute Gasteiger partial charge is 0.342 e. The van der Waals surface area contributed by atoms with E-state index in [1.165, 1.54) is 6.20 Å². The monoisotopic (exact) mass is 435 g/mol. The number of pyridine rings is 1. The molecule has 2 aromatic heterocycles. The fourth-order valence-electron chi connectivity index (χ4n) is 4.27. The number of aromatic nitrogens is 3. The number of nitrogens with one attached hydrogen (secondary N) is 1. The number of benzene rings is 1. The summed E-state index contributed by atoms with van der Waals surface area (Å²) in [6.07, 6.45) is 5.51. The van der Waals surface area contributed by atoms with Crippen molar-refractivity contribution < 1.29 is 9.66 Å². The van der Waals surface area contributed by atoms with E-state index in [1.54, 1.807) is 13.3 Å². The van der Waals surface area contributed by atoms with Gasteiger partial charge in [-0.15, -0.1) is 0 Å². The van der Waals surface area contributed by atoms with Gasteiger partial charge in [0.25, 0.3) is 5.95 Å². The molecule has 1 aromatic carbocycles. The molecule has 0 radical (unpaired) electrons. The summed E-state index contributed by atoms with van der Waals surface area (Å²) in [6.45, 7) is 2.66. The van der Waals surface area contributed by atoms with Crippen LogP contribution >= 0.6 is 0 Å². The van der Waals surface area contributed by atoms with Gasteiger partial charge in [-0.3, -0.25) is 4.98 Å². The van der Waals surface area contributed by atoms with Crippen LogP contribution in [0.15, 0.2) is 30.6 Å². The lowest BCUT2D eigenvalue weighted by Crippen LogP contribution is -2.44. The molecule has 166 valence electrons. The summed E-state index contributed by atoms with van der Waals surface area (Å²) >= 11 is 0. The molecule has 10 heteroatoms. The molecule has 0 bridgehead atoms. The Hall–Kier alpha value is -3.71. The van der Waals surface area contributed by atoms with Crippen molar-refractivity contribution in [1.82, 2.24) is 19.9 Å². The Morgan fingerprint density at radius 2 is 2.12 bits per heavy atom. The minimum absolute atomic E-state index is 0.0983. The largest absolute Gasteiger partial charge is 0.497 e. The van der Waals surface area contributed by atoms with Crippen LogP contribution in [0.5, 0.6) is 5.75 Å². The van der Waals surface area contributed by atoms with E-state index in [0.717, 1.165) is 61.1 Å². The van der Waals surface area contributed by atoms with E-state index in [2.05, 4.69) is 25.9 Å². The SMILES string of the molecule is COc1ccc2ncc(C#N)c(CCN3CCC(N(C)c4ncc([N+](=O)[O-])[nH]4)CC3)c2c1. The Bertz CT molecular complexity index is 1160. The first-order valence-electron chi connectivity index (χ1n) is 10.5. The van der Waals surface area contributed by atoms with Gasteiger partial charge < -0.3 is 24.7 Å². The predicted octanol–water partition coefficient (Wildman–Crippen LogP) is 2.89. The third kappa shape index (κ3) is 4.33. The highest BCUT2D eigenvalue weighted by molar-refractivity contribution is 5.85. The summed E-state index contributed by atoms with van der Waals surface area (Å²) in [4.78, 5) is 26.1. The standard InChI is InChI=1S/C22H25N7O3/c1-27(22-25-14-21(26-22)29(30)31)16-5-8-28(9-6-16)10-7-18-15(12-23)13-24-20-4-3-17(32-2)11-19(18)20/h3-4,11,13-14,16H,5-10H2,1-2H3,(H,25,26). The summed E-state index contributed by atoms with van der Waals surface area (Å²) in [6, 6.07) is 8.28. The van der Waals surface area contributed by atoms with Crippen molar-refractivity contribution in [3.63, 3.8) is 0 Å². The molecule has 0 saturated carbocycles. The molecule has 1 aliphatic rings. The number of methoxy groups -OCH3 is 1. The van der Waals surface area contributed by atoms with Gasteiger partial charge in [0.2, 0.25) is 0 Å². The van der Waals surface area contributed by atoms with Crippen LogP contribution in [-0.2, 0) is 6.42 Å². The number of H-pyrrole nitrogens is 1. The van der Waals surface area contributed by atoms with Crippen molar-refractivity contribution in [2.75, 3.05) is 38.7 Å². The minimum atomic E-state index is -0.471. The van der Waals surface area contributed by atoms with E-state index in [9.17, 15) is 15.4 Å². The lowest BCUT2D eigenvalue weighted by atomic mass is 9.99. The molecule has 1 saturated heterocycles. The summed E-state index contributed by atoms with van der Waals surface area (Å²) in [5, 5.41) is 21.4. The maximum atomic E-state index is 10.9. The Kier molecular flexibility index (Phi) is 6.18. The van der Waals surface area contributed by atoms with Crippen molar-refractivity contribution in [3.05, 3.63) is 51.8 Å². The number of nitriles is 1. The van der Waals surface area contributed by atoms with Gasteiger partial charge in [0, 0.05) is 44.3 Å². The number of imidazole rings is 1. The average molecular weight is 435 g/mol. The van der Waals surface area contributed by atoms with Crippen LogP contribution in [0, 0.1) is 21.4 Å². The molecule has 1 fully saturated rings. The zero-order valence-corrected chi connectivity index (χ0v) is 18.1. The molecule has 3 aromatic rings. The molecule has 0 atom stereocenters. The number of ether oxygens (including phenoxy) is 1. The Balaban J connectivity index is 1.40. The maximum Gasteiger partial charge on any atom is 0.342 e. The molecule has 0 amide bonds. The Labute approximate surface area is 185 Å². The fraction of sp³-hybridized carbons (Fsp3) is 0.409. The second-order valence-electron chi connectivity index (χ2n) is 7.93. The fourth-order valence-corrected chi connectivity index (χ4v) is 4.27. The van der Waals surface area contributed by atoms with Gasteiger partial charge in [0.15, 0.2) is 0 Å². The first kappa shape index (κ1) is 21.5. The summed E-state index contributed by atoms with van der Waals surface area (Å²) in [5.74, 6) is 1.17. The van der Waals surface area contributed by atoms with Crippen molar-refractivity contribution in [2.45, 2.75) is 25.3 Å². The van der Waals surface area contributed by atoms with Gasteiger partial charge in [-0.1, -0.05) is 0 Å². The molecule has 10 nitrogen and oxygen atoms in total. The number of nitro groups is 1. The average Bonchev–Trinajstić information content (AvgIpc) is 3.32. The van der Waals surface area contributed by atoms with Crippen molar-refractivity contribution >= 4 is 22.7 Å². The molecular weight excluding hydrogens is 410 g/mol. The summed E-state index contributed by atoms with van der Waals surface area (Å²) < 4.78 is 5.36. The Morgan fingerprint density at radius 3 is 2.78 bits per heavy atom. The second-order valence-corrected chi connectivity index (χ2v) is 7.93. The number of hydrogen-bond acceptors (Lipinski definition) is 8. The molecule has 0 aliphatic carbocycles. The normalized spacial score (nSPS) is 14.9. The van der Waals surface area contributed by atoms with E-state index in [-0.39, 0.29) is 11.9 Å². The molecule has 3 heterocycles.